The first-order chi connectivity index (χ1) is 17.5. The molecule has 0 spiro atoms. The number of likely N-dealkylation sites (tertiary alicyclic amines) is 1. The average Bonchev–Trinajstić information content (AvgIpc) is 3.54. The van der Waals surface area contributed by atoms with Crippen molar-refractivity contribution < 1.29 is 14.2 Å². The normalized spacial score (nSPS) is 15.6. The van der Waals surface area contributed by atoms with E-state index in [1.807, 2.05) is 37.5 Å². The van der Waals surface area contributed by atoms with E-state index in [9.17, 15) is 9.50 Å². The number of aliphatic hydroxyl groups is 1. The van der Waals surface area contributed by atoms with Crippen molar-refractivity contribution in [2.45, 2.75) is 25.3 Å². The van der Waals surface area contributed by atoms with Crippen molar-refractivity contribution in [2.24, 2.45) is 7.05 Å². The van der Waals surface area contributed by atoms with Crippen LogP contribution in [0.3, 0.4) is 0 Å². The summed E-state index contributed by atoms with van der Waals surface area (Å²) >= 11 is 0. The molecule has 0 saturated carbocycles. The molecule has 196 valence electrons. The molecule has 2 aromatic carbocycles. The van der Waals surface area contributed by atoms with Gasteiger partial charge in [-0.25, -0.2) is 9.37 Å². The monoisotopic (exact) mass is 524 g/mol. The van der Waals surface area contributed by atoms with Crippen molar-refractivity contribution in [1.29, 1.82) is 0 Å². The Morgan fingerprint density at radius 1 is 1.14 bits per heavy atom. The molecular weight excluding hydrogens is 491 g/mol. The van der Waals surface area contributed by atoms with Gasteiger partial charge in [-0.3, -0.25) is 14.6 Å². The van der Waals surface area contributed by atoms with Gasteiger partial charge in [0.2, 0.25) is 0 Å². The molecule has 2 aromatic heterocycles. The minimum Gasteiger partial charge on any atom is -0.497 e. The molecule has 4 aromatic rings. The average molecular weight is 525 g/mol. The van der Waals surface area contributed by atoms with Crippen LogP contribution in [0, 0.1) is 5.82 Å². The van der Waals surface area contributed by atoms with E-state index in [4.69, 9.17) is 9.72 Å². The number of halogens is 1. The molecule has 0 radical (unpaired) electrons. The Hall–Kier alpha value is -3.21. The fourth-order valence-electron chi connectivity index (χ4n) is 4.92. The largest absolute Gasteiger partial charge is 0.497 e. The minimum absolute atomic E-state index is 0. The Morgan fingerprint density at radius 3 is 2.76 bits per heavy atom. The first kappa shape index (κ1) is 26.8. The fraction of sp³-hybridized carbons (Fsp3) is 0.370. The van der Waals surface area contributed by atoms with Gasteiger partial charge in [-0.15, -0.1) is 0 Å². The van der Waals surface area contributed by atoms with Crippen LogP contribution in [0.25, 0.3) is 22.3 Å². The summed E-state index contributed by atoms with van der Waals surface area (Å²) in [5.41, 5.74) is 4.78. The molecule has 1 fully saturated rings. The third kappa shape index (κ3) is 6.03. The van der Waals surface area contributed by atoms with E-state index in [-0.39, 0.29) is 32.0 Å². The number of hydrogen-bond donors (Lipinski definition) is 1. The summed E-state index contributed by atoms with van der Waals surface area (Å²) in [5.74, 6) is 0.114. The van der Waals surface area contributed by atoms with Gasteiger partial charge in [0.15, 0.2) is 0 Å². The molecule has 0 amide bonds. The lowest BCUT2D eigenvalue weighted by atomic mass is 10.1. The number of nitrogens with zero attached hydrogens (tertiary/aromatic N) is 6. The van der Waals surface area contributed by atoms with E-state index >= 15 is 0 Å². The number of benzene rings is 2. The van der Waals surface area contributed by atoms with Crippen LogP contribution >= 0.6 is 13.5 Å². The predicted molar refractivity (Wildman–Crippen MR) is 148 cm³/mol. The first-order valence-corrected chi connectivity index (χ1v) is 12.3. The molecule has 1 saturated heterocycles. The standard InChI is InChI=1S/C27H31FN6O2.H2S/c1-32-17-19(15-30-32)27-16-29-25-7-6-21(14-26(25)31-27)34(23-11-20(28)12-24(13-23)36-2)10-4-9-33-8-3-5-22(33)18-35;/h6-7,11-17,22,35H,3-5,8-10,18H2,1-2H3;1H2/t22-;/m1./s1. The van der Waals surface area contributed by atoms with Gasteiger partial charge < -0.3 is 14.7 Å². The summed E-state index contributed by atoms with van der Waals surface area (Å²) < 4.78 is 21.6. The SMILES string of the molecule is COc1cc(F)cc(N(CCCN2CCC[C@@H]2CO)c2ccc3ncc(-c4cnn(C)c4)nc3c2)c1.S. The number of aryl methyl sites for hydroxylation is 1. The molecule has 5 rings (SSSR count). The van der Waals surface area contributed by atoms with Gasteiger partial charge in [-0.05, 0) is 50.1 Å². The number of aromatic nitrogens is 4. The highest BCUT2D eigenvalue weighted by Gasteiger charge is 2.23. The summed E-state index contributed by atoms with van der Waals surface area (Å²) in [6.45, 7) is 2.73. The van der Waals surface area contributed by atoms with Gasteiger partial charge in [0.05, 0.1) is 42.8 Å². The second-order valence-corrected chi connectivity index (χ2v) is 9.20. The smallest absolute Gasteiger partial charge is 0.128 e. The topological polar surface area (TPSA) is 79.5 Å². The number of hydrogen-bond acceptors (Lipinski definition) is 7. The minimum atomic E-state index is -0.353. The summed E-state index contributed by atoms with van der Waals surface area (Å²) in [6, 6.07) is 10.9. The summed E-state index contributed by atoms with van der Waals surface area (Å²) in [5, 5.41) is 13.9. The molecule has 1 aliphatic rings. The van der Waals surface area contributed by atoms with Gasteiger partial charge in [0, 0.05) is 61.4 Å². The number of anilines is 2. The van der Waals surface area contributed by atoms with Crippen LogP contribution in [0.4, 0.5) is 15.8 Å². The quantitative estimate of drug-likeness (QED) is 0.350. The Kier molecular flexibility index (Phi) is 8.63. The third-order valence-electron chi connectivity index (χ3n) is 6.78. The molecule has 0 aliphatic carbocycles. The maximum absolute atomic E-state index is 14.5. The van der Waals surface area contributed by atoms with Crippen LogP contribution in [0.5, 0.6) is 5.75 Å². The highest BCUT2D eigenvalue weighted by molar-refractivity contribution is 7.59. The van der Waals surface area contributed by atoms with E-state index < -0.39 is 0 Å². The molecule has 1 atom stereocenters. The Bertz CT molecular complexity index is 1350. The van der Waals surface area contributed by atoms with E-state index in [0.29, 0.717) is 18.0 Å². The van der Waals surface area contributed by atoms with Crippen LogP contribution in [0.1, 0.15) is 19.3 Å². The number of fused-ring (bicyclic) bond motifs is 1. The number of rotatable bonds is 9. The molecule has 10 heteroatoms. The molecule has 3 heterocycles. The summed E-state index contributed by atoms with van der Waals surface area (Å²) in [6.07, 6.45) is 8.42. The lowest BCUT2D eigenvalue weighted by molar-refractivity contribution is 0.158. The van der Waals surface area contributed by atoms with Crippen LogP contribution < -0.4 is 9.64 Å². The molecule has 0 unspecified atom stereocenters. The van der Waals surface area contributed by atoms with Gasteiger partial charge in [0.25, 0.3) is 0 Å². The van der Waals surface area contributed by atoms with E-state index in [0.717, 1.165) is 60.3 Å². The second-order valence-electron chi connectivity index (χ2n) is 9.20. The molecule has 8 nitrogen and oxygen atoms in total. The Balaban J connectivity index is 0.00000320. The van der Waals surface area contributed by atoms with Crippen molar-refractivity contribution in [1.82, 2.24) is 24.6 Å². The number of methoxy groups -OCH3 is 1. The highest BCUT2D eigenvalue weighted by Crippen LogP contribution is 2.32. The third-order valence-corrected chi connectivity index (χ3v) is 6.78. The van der Waals surface area contributed by atoms with Crippen molar-refractivity contribution in [3.8, 4) is 17.0 Å². The second kappa shape index (κ2) is 11.9. The van der Waals surface area contributed by atoms with Crippen molar-refractivity contribution in [3.63, 3.8) is 0 Å². The van der Waals surface area contributed by atoms with Gasteiger partial charge in [0.1, 0.15) is 11.6 Å². The maximum atomic E-state index is 14.5. The van der Waals surface area contributed by atoms with E-state index in [2.05, 4.69) is 19.9 Å². The zero-order valence-electron chi connectivity index (χ0n) is 21.1. The van der Waals surface area contributed by atoms with Crippen molar-refractivity contribution in [3.05, 3.63) is 60.8 Å². The summed E-state index contributed by atoms with van der Waals surface area (Å²) in [7, 11) is 3.41. The van der Waals surface area contributed by atoms with E-state index in [1.165, 1.54) is 19.2 Å². The predicted octanol–water partition coefficient (Wildman–Crippen LogP) is 4.28. The zero-order valence-corrected chi connectivity index (χ0v) is 22.1. The molecule has 1 aliphatic heterocycles. The molecule has 37 heavy (non-hydrogen) atoms. The maximum Gasteiger partial charge on any atom is 0.128 e. The van der Waals surface area contributed by atoms with Crippen LogP contribution in [-0.4, -0.2) is 69.1 Å². The summed E-state index contributed by atoms with van der Waals surface area (Å²) in [4.78, 5) is 13.9. The lowest BCUT2D eigenvalue weighted by Gasteiger charge is -2.28. The first-order valence-electron chi connectivity index (χ1n) is 12.3. The van der Waals surface area contributed by atoms with E-state index in [1.54, 1.807) is 17.1 Å². The highest BCUT2D eigenvalue weighted by atomic mass is 32.1. The van der Waals surface area contributed by atoms with Crippen molar-refractivity contribution >= 4 is 35.9 Å². The Labute approximate surface area is 223 Å². The van der Waals surface area contributed by atoms with Gasteiger partial charge >= 0.3 is 0 Å². The van der Waals surface area contributed by atoms with Gasteiger partial charge in [-0.1, -0.05) is 0 Å². The molecule has 0 bridgehead atoms. The zero-order chi connectivity index (χ0) is 25.1. The van der Waals surface area contributed by atoms with Crippen molar-refractivity contribution in [2.75, 3.05) is 38.3 Å². The molecular formula is C27H33FN6O2S. The van der Waals surface area contributed by atoms with Crippen LogP contribution in [-0.2, 0) is 7.05 Å². The fourth-order valence-corrected chi connectivity index (χ4v) is 4.92. The number of aliphatic hydroxyl groups excluding tert-OH is 1. The van der Waals surface area contributed by atoms with Crippen LogP contribution in [0.2, 0.25) is 0 Å². The van der Waals surface area contributed by atoms with Gasteiger partial charge in [-0.2, -0.15) is 18.6 Å². The Morgan fingerprint density at radius 2 is 2.00 bits per heavy atom. The lowest BCUT2D eigenvalue weighted by Crippen LogP contribution is -2.34. The molecule has 1 N–H and O–H groups in total. The van der Waals surface area contributed by atoms with Crippen LogP contribution in [0.15, 0.2) is 55.0 Å². The number of ether oxygens (including phenoxy) is 1.